The minimum atomic E-state index is -0.270. The number of anilines is 2. The van der Waals surface area contributed by atoms with Gasteiger partial charge in [0, 0.05) is 44.2 Å². The van der Waals surface area contributed by atoms with E-state index in [1.165, 1.54) is 6.20 Å². The molecule has 8 nitrogen and oxygen atoms in total. The maximum absolute atomic E-state index is 11.8. The topological polar surface area (TPSA) is 90.3 Å². The summed E-state index contributed by atoms with van der Waals surface area (Å²) in [5.74, 6) is 2.33. The molecule has 0 saturated heterocycles. The summed E-state index contributed by atoms with van der Waals surface area (Å²) in [4.78, 5) is 20.5. The zero-order valence-corrected chi connectivity index (χ0v) is 16.8. The number of nitrogens with zero attached hydrogens (tertiary/aromatic N) is 3. The van der Waals surface area contributed by atoms with E-state index in [-0.39, 0.29) is 5.91 Å². The quantitative estimate of drug-likeness (QED) is 0.508. The van der Waals surface area contributed by atoms with E-state index < -0.39 is 0 Å². The van der Waals surface area contributed by atoms with Gasteiger partial charge in [-0.15, -0.1) is 0 Å². The van der Waals surface area contributed by atoms with Crippen molar-refractivity contribution in [3.05, 3.63) is 66.5 Å². The highest BCUT2D eigenvalue weighted by molar-refractivity contribution is 5.92. The van der Waals surface area contributed by atoms with E-state index >= 15 is 0 Å². The number of pyridine rings is 1. The molecule has 0 saturated carbocycles. The number of amides is 1. The molecule has 0 aliphatic heterocycles. The van der Waals surface area contributed by atoms with E-state index in [0.717, 1.165) is 22.5 Å². The van der Waals surface area contributed by atoms with Crippen LogP contribution in [0, 0.1) is 0 Å². The molecule has 0 spiro atoms. The average Bonchev–Trinajstić information content (AvgIpc) is 3.08. The highest BCUT2D eigenvalue weighted by Gasteiger charge is 2.11. The highest BCUT2D eigenvalue weighted by atomic mass is 16.5. The van der Waals surface area contributed by atoms with Crippen LogP contribution in [0.2, 0.25) is 0 Å². The van der Waals surface area contributed by atoms with Gasteiger partial charge in [0.1, 0.15) is 22.9 Å². The summed E-state index contributed by atoms with van der Waals surface area (Å²) in [5.41, 5.74) is 2.90. The summed E-state index contributed by atoms with van der Waals surface area (Å²) < 4.78 is 13.2. The van der Waals surface area contributed by atoms with E-state index in [1.807, 2.05) is 54.1 Å². The Kier molecular flexibility index (Phi) is 5.21. The molecule has 30 heavy (non-hydrogen) atoms. The van der Waals surface area contributed by atoms with Crippen LogP contribution in [0.4, 0.5) is 11.6 Å². The van der Waals surface area contributed by atoms with Crippen LogP contribution in [0.15, 0.2) is 60.8 Å². The van der Waals surface area contributed by atoms with Crippen molar-refractivity contribution < 1.29 is 14.3 Å². The van der Waals surface area contributed by atoms with Gasteiger partial charge in [-0.3, -0.25) is 9.78 Å². The zero-order chi connectivity index (χ0) is 21.1. The number of carbonyl (C=O) groups excluding carboxylic acids is 1. The minimum absolute atomic E-state index is 0.270. The Morgan fingerprint density at radius 2 is 1.87 bits per heavy atom. The first-order valence-electron chi connectivity index (χ1n) is 9.31. The van der Waals surface area contributed by atoms with Crippen molar-refractivity contribution in [1.82, 2.24) is 19.9 Å². The molecule has 2 N–H and O–H groups in total. The summed E-state index contributed by atoms with van der Waals surface area (Å²) in [7, 11) is 5.14. The molecular formula is C22H21N5O3. The van der Waals surface area contributed by atoms with Crippen LogP contribution in [0.5, 0.6) is 17.2 Å². The van der Waals surface area contributed by atoms with Crippen LogP contribution >= 0.6 is 0 Å². The molecule has 0 unspecified atom stereocenters. The molecule has 0 aliphatic rings. The number of nitrogens with one attached hydrogen (secondary N) is 2. The number of aromatic nitrogens is 3. The number of imidazole rings is 1. The second-order valence-electron chi connectivity index (χ2n) is 6.56. The molecule has 8 heteroatoms. The van der Waals surface area contributed by atoms with E-state index in [1.54, 1.807) is 26.3 Å². The molecule has 1 amide bonds. The normalized spacial score (nSPS) is 10.6. The van der Waals surface area contributed by atoms with Gasteiger partial charge in [-0.25, -0.2) is 4.98 Å². The lowest BCUT2D eigenvalue weighted by atomic mass is 10.3. The average molecular weight is 403 g/mol. The fourth-order valence-electron chi connectivity index (χ4n) is 3.05. The number of methoxy groups -OCH3 is 1. The zero-order valence-electron chi connectivity index (χ0n) is 16.8. The second-order valence-corrected chi connectivity index (χ2v) is 6.56. The first-order valence-corrected chi connectivity index (χ1v) is 9.31. The van der Waals surface area contributed by atoms with Gasteiger partial charge in [0.25, 0.3) is 5.91 Å². The van der Waals surface area contributed by atoms with Gasteiger partial charge in [0.15, 0.2) is 0 Å². The Bertz CT molecular complexity index is 1220. The molecule has 152 valence electrons. The number of aryl methyl sites for hydroxylation is 1. The van der Waals surface area contributed by atoms with E-state index in [2.05, 4.69) is 20.6 Å². The fourth-order valence-corrected chi connectivity index (χ4v) is 3.05. The lowest BCUT2D eigenvalue weighted by Gasteiger charge is -2.08. The molecule has 0 aliphatic carbocycles. The number of carbonyl (C=O) groups is 1. The van der Waals surface area contributed by atoms with Crippen LogP contribution in [0.25, 0.3) is 11.0 Å². The third-order valence-electron chi connectivity index (χ3n) is 4.60. The predicted molar refractivity (Wildman–Crippen MR) is 115 cm³/mol. The lowest BCUT2D eigenvalue weighted by Crippen LogP contribution is -2.18. The molecule has 4 rings (SSSR count). The molecule has 4 aromatic rings. The number of rotatable bonds is 6. The van der Waals surface area contributed by atoms with Gasteiger partial charge in [-0.2, -0.15) is 0 Å². The largest absolute Gasteiger partial charge is 0.497 e. The predicted octanol–water partition coefficient (Wildman–Crippen LogP) is 3.87. The van der Waals surface area contributed by atoms with Gasteiger partial charge in [0.2, 0.25) is 5.95 Å². The Morgan fingerprint density at radius 1 is 1.03 bits per heavy atom. The molecular weight excluding hydrogens is 382 g/mol. The van der Waals surface area contributed by atoms with Crippen molar-refractivity contribution in [2.45, 2.75) is 0 Å². The maximum atomic E-state index is 11.8. The first-order chi connectivity index (χ1) is 14.6. The van der Waals surface area contributed by atoms with Crippen molar-refractivity contribution in [2.75, 3.05) is 19.5 Å². The number of fused-ring (bicyclic) bond motifs is 1. The first kappa shape index (κ1) is 19.3. The standard InChI is InChI=1S/C22H21N5O3/c1-23-21(28)19-13-17(9-10-24-19)30-16-7-8-20-18(12-16)26-22(27(20)2)25-14-5-4-6-15(11-14)29-3/h4-13H,1-3H3,(H,23,28)(H,25,26). The van der Waals surface area contributed by atoms with Crippen molar-refractivity contribution in [2.24, 2.45) is 7.05 Å². The van der Waals surface area contributed by atoms with Crippen LogP contribution in [-0.2, 0) is 7.05 Å². The van der Waals surface area contributed by atoms with Gasteiger partial charge in [0.05, 0.1) is 18.1 Å². The SMILES string of the molecule is CNC(=O)c1cc(Oc2ccc3c(c2)nc(Nc2cccc(OC)c2)n3C)ccn1. The molecule has 0 bridgehead atoms. The molecule has 0 fully saturated rings. The summed E-state index contributed by atoms with van der Waals surface area (Å²) in [6.07, 6.45) is 1.54. The Morgan fingerprint density at radius 3 is 2.67 bits per heavy atom. The van der Waals surface area contributed by atoms with Gasteiger partial charge < -0.3 is 24.7 Å². The number of benzene rings is 2. The molecule has 0 radical (unpaired) electrons. The fraction of sp³-hybridized carbons (Fsp3) is 0.136. The minimum Gasteiger partial charge on any atom is -0.497 e. The Labute approximate surface area is 173 Å². The maximum Gasteiger partial charge on any atom is 0.269 e. The third-order valence-corrected chi connectivity index (χ3v) is 4.60. The van der Waals surface area contributed by atoms with Crippen molar-refractivity contribution in [3.63, 3.8) is 0 Å². The smallest absolute Gasteiger partial charge is 0.269 e. The second kappa shape index (κ2) is 8.12. The number of hydrogen-bond donors (Lipinski definition) is 2. The summed E-state index contributed by atoms with van der Waals surface area (Å²) in [5, 5.41) is 5.86. The van der Waals surface area contributed by atoms with E-state index in [0.29, 0.717) is 23.1 Å². The van der Waals surface area contributed by atoms with E-state index in [4.69, 9.17) is 9.47 Å². The number of hydrogen-bond acceptors (Lipinski definition) is 6. The van der Waals surface area contributed by atoms with Crippen molar-refractivity contribution >= 4 is 28.6 Å². The summed E-state index contributed by atoms with van der Waals surface area (Å²) in [6.45, 7) is 0. The van der Waals surface area contributed by atoms with Crippen molar-refractivity contribution in [1.29, 1.82) is 0 Å². The van der Waals surface area contributed by atoms with E-state index in [9.17, 15) is 4.79 Å². The third kappa shape index (κ3) is 3.88. The summed E-state index contributed by atoms with van der Waals surface area (Å²) >= 11 is 0. The number of ether oxygens (including phenoxy) is 2. The lowest BCUT2D eigenvalue weighted by molar-refractivity contribution is 0.0958. The molecule has 2 aromatic heterocycles. The van der Waals surface area contributed by atoms with Crippen LogP contribution in [0.3, 0.4) is 0 Å². The molecule has 0 atom stereocenters. The summed E-state index contributed by atoms with van der Waals surface area (Å²) in [6, 6.07) is 16.6. The Balaban J connectivity index is 1.59. The van der Waals surface area contributed by atoms with Crippen LogP contribution < -0.4 is 20.1 Å². The molecule has 2 heterocycles. The van der Waals surface area contributed by atoms with Gasteiger partial charge in [-0.05, 0) is 30.3 Å². The van der Waals surface area contributed by atoms with Crippen LogP contribution in [0.1, 0.15) is 10.5 Å². The van der Waals surface area contributed by atoms with Crippen LogP contribution in [-0.4, -0.2) is 34.6 Å². The Hall–Kier alpha value is -4.07. The monoisotopic (exact) mass is 403 g/mol. The van der Waals surface area contributed by atoms with Crippen molar-refractivity contribution in [3.8, 4) is 17.2 Å². The highest BCUT2D eigenvalue weighted by Crippen LogP contribution is 2.28. The van der Waals surface area contributed by atoms with Gasteiger partial charge in [-0.1, -0.05) is 6.07 Å². The van der Waals surface area contributed by atoms with Gasteiger partial charge >= 0.3 is 0 Å². The molecule has 2 aromatic carbocycles.